The van der Waals surface area contributed by atoms with Crippen molar-refractivity contribution in [1.82, 2.24) is 9.13 Å². The molecule has 16 heteroatoms. The van der Waals surface area contributed by atoms with Crippen LogP contribution in [0.3, 0.4) is 0 Å². The molecule has 0 bridgehead atoms. The number of nitrogen functional groups attached to an aromatic ring is 1. The van der Waals surface area contributed by atoms with Crippen molar-refractivity contribution in [2.75, 3.05) is 17.2 Å². The first-order chi connectivity index (χ1) is 29.7. The Bertz CT molecular complexity index is 3130. The SMILES string of the molecule is CC1N=C(c2ccc(F)cc2)c2ccc(N)cc2-c2cn(C)c(=O)cc21.CCS(=O)(=O)Cc1ccc2c(c1)-c1cn(C)c(=O)cc1[C@H](C)N=C2c1ccc(F)cc1.CCS(=O)(=O)Cl. The maximum atomic E-state index is 13.5. The average Bonchev–Trinajstić information content (AvgIpc) is 3.42. The molecule has 0 saturated carbocycles. The number of rotatable bonds is 6. The number of benzene rings is 4. The van der Waals surface area contributed by atoms with Gasteiger partial charge in [-0.2, -0.15) is 0 Å². The number of hydrogen-bond donors (Lipinski definition) is 1. The molecular formula is C47H46ClF2N5O6S2. The van der Waals surface area contributed by atoms with Crippen LogP contribution < -0.4 is 16.9 Å². The molecule has 0 amide bonds. The van der Waals surface area contributed by atoms with E-state index in [1.165, 1.54) is 35.8 Å². The fourth-order valence-corrected chi connectivity index (χ4v) is 8.12. The second-order valence-corrected chi connectivity index (χ2v) is 20.6. The van der Waals surface area contributed by atoms with Crippen LogP contribution in [0.2, 0.25) is 0 Å². The number of nitrogens with two attached hydrogens (primary N) is 1. The normalized spacial score (nSPS) is 15.3. The summed E-state index contributed by atoms with van der Waals surface area (Å²) >= 11 is 0. The molecular weight excluding hydrogens is 868 g/mol. The summed E-state index contributed by atoms with van der Waals surface area (Å²) in [4.78, 5) is 34.2. The number of aliphatic imine (C=N–C) groups is 2. The molecule has 0 radical (unpaired) electrons. The van der Waals surface area contributed by atoms with Crippen molar-refractivity contribution < 1.29 is 25.6 Å². The van der Waals surface area contributed by atoms with Crippen molar-refractivity contribution in [1.29, 1.82) is 0 Å². The molecule has 328 valence electrons. The van der Waals surface area contributed by atoms with Gasteiger partial charge in [0.05, 0.1) is 35.0 Å². The van der Waals surface area contributed by atoms with E-state index in [9.17, 15) is 35.2 Å². The summed E-state index contributed by atoms with van der Waals surface area (Å²) in [5.74, 6) is -0.614. The molecule has 4 aromatic carbocycles. The van der Waals surface area contributed by atoms with Gasteiger partial charge in [-0.3, -0.25) is 19.6 Å². The highest BCUT2D eigenvalue weighted by molar-refractivity contribution is 8.13. The van der Waals surface area contributed by atoms with Gasteiger partial charge in [-0.05, 0) is 108 Å². The van der Waals surface area contributed by atoms with Gasteiger partial charge in [-0.25, -0.2) is 25.6 Å². The molecule has 6 aromatic rings. The predicted molar refractivity (Wildman–Crippen MR) is 248 cm³/mol. The smallest absolute Gasteiger partial charge is 0.250 e. The Hall–Kier alpha value is -6.03. The Morgan fingerprint density at radius 3 is 1.43 bits per heavy atom. The second-order valence-electron chi connectivity index (χ2n) is 15.2. The van der Waals surface area contributed by atoms with E-state index in [4.69, 9.17) is 15.7 Å². The Balaban J connectivity index is 0.000000188. The average molecular weight is 914 g/mol. The number of aryl methyl sites for hydroxylation is 2. The summed E-state index contributed by atoms with van der Waals surface area (Å²) in [6.45, 7) is 6.99. The van der Waals surface area contributed by atoms with Gasteiger partial charge in [0.25, 0.3) is 11.1 Å². The first-order valence-corrected chi connectivity index (χ1v) is 24.2. The van der Waals surface area contributed by atoms with E-state index < -0.39 is 18.9 Å². The standard InChI is InChI=1S/C24H23FN2O3S.C21H18FN3O.C2H5ClO2S/c1-4-31(29,30)14-16-5-10-19-21(11-16)22-13-27(3)23(28)12-20(22)15(2)26-24(19)17-6-8-18(25)9-7-17;1-12-17-10-20(26)25(2)11-19(17)18-9-15(23)7-8-16(18)21(24-12)13-3-5-14(22)6-4-13;1-2-6(3,4)5/h5-13,15H,4,14H2,1-3H3;3-12H,23H2,1-2H3;2H2,1H3/t15-;;/m0../s1. The Labute approximate surface area is 369 Å². The molecule has 0 aliphatic carbocycles. The summed E-state index contributed by atoms with van der Waals surface area (Å²) in [6, 6.07) is 26.3. The van der Waals surface area contributed by atoms with E-state index in [0.717, 1.165) is 61.3 Å². The Morgan fingerprint density at radius 2 is 1.02 bits per heavy atom. The van der Waals surface area contributed by atoms with Crippen LogP contribution in [0.25, 0.3) is 22.3 Å². The van der Waals surface area contributed by atoms with Crippen LogP contribution in [0, 0.1) is 11.6 Å². The zero-order valence-corrected chi connectivity index (χ0v) is 37.8. The summed E-state index contributed by atoms with van der Waals surface area (Å²) in [5.41, 5.74) is 17.0. The quantitative estimate of drug-likeness (QED) is 0.130. The summed E-state index contributed by atoms with van der Waals surface area (Å²) in [7, 11) is 1.70. The van der Waals surface area contributed by atoms with E-state index in [-0.39, 0.29) is 52.1 Å². The van der Waals surface area contributed by atoms with Gasteiger partial charge in [0.2, 0.25) is 9.05 Å². The minimum Gasteiger partial charge on any atom is -0.399 e. The number of nitrogens with zero attached hydrogens (tertiary/aromatic N) is 4. The van der Waals surface area contributed by atoms with Gasteiger partial charge in [0.15, 0.2) is 9.84 Å². The van der Waals surface area contributed by atoms with Crippen LogP contribution in [0.4, 0.5) is 14.5 Å². The number of anilines is 1. The van der Waals surface area contributed by atoms with Crippen molar-refractivity contribution in [2.24, 2.45) is 24.1 Å². The van der Waals surface area contributed by atoms with E-state index in [1.807, 2.05) is 50.4 Å². The summed E-state index contributed by atoms with van der Waals surface area (Å²) in [5, 5.41) is 0. The minimum atomic E-state index is -3.21. The Morgan fingerprint density at radius 1 is 0.603 bits per heavy atom. The van der Waals surface area contributed by atoms with E-state index in [0.29, 0.717) is 17.0 Å². The van der Waals surface area contributed by atoms with E-state index in [1.54, 1.807) is 74.2 Å². The lowest BCUT2D eigenvalue weighted by molar-refractivity contribution is 0.596. The summed E-state index contributed by atoms with van der Waals surface area (Å²) in [6.07, 6.45) is 3.60. The molecule has 2 N–H and O–H groups in total. The molecule has 2 aromatic heterocycles. The number of halogens is 3. The molecule has 2 atom stereocenters. The van der Waals surface area contributed by atoms with Gasteiger partial charge in [0.1, 0.15) is 11.6 Å². The fourth-order valence-electron chi connectivity index (χ4n) is 7.23. The first kappa shape index (κ1) is 46.5. The molecule has 4 heterocycles. The van der Waals surface area contributed by atoms with Crippen molar-refractivity contribution in [3.05, 3.63) is 181 Å². The third kappa shape index (κ3) is 10.8. The monoisotopic (exact) mass is 913 g/mol. The van der Waals surface area contributed by atoms with Gasteiger partial charge >= 0.3 is 0 Å². The topological polar surface area (TPSA) is 163 Å². The zero-order chi connectivity index (χ0) is 46.0. The predicted octanol–water partition coefficient (Wildman–Crippen LogP) is 8.30. The maximum absolute atomic E-state index is 13.5. The van der Waals surface area contributed by atoms with Gasteiger partial charge < -0.3 is 14.9 Å². The molecule has 1 unspecified atom stereocenters. The van der Waals surface area contributed by atoms with Crippen molar-refractivity contribution in [3.8, 4) is 22.3 Å². The fraction of sp³-hybridized carbons (Fsp3) is 0.234. The van der Waals surface area contributed by atoms with Gasteiger partial charge in [-0.15, -0.1) is 0 Å². The number of sulfone groups is 1. The van der Waals surface area contributed by atoms with Crippen LogP contribution in [-0.4, -0.2) is 48.9 Å². The van der Waals surface area contributed by atoms with E-state index >= 15 is 0 Å². The zero-order valence-electron chi connectivity index (χ0n) is 35.4. The van der Waals surface area contributed by atoms with Crippen LogP contribution in [0.5, 0.6) is 0 Å². The number of fused-ring (bicyclic) bond motifs is 6. The third-order valence-electron chi connectivity index (χ3n) is 10.7. The molecule has 0 saturated heterocycles. The molecule has 8 rings (SSSR count). The second kappa shape index (κ2) is 18.8. The van der Waals surface area contributed by atoms with Crippen molar-refractivity contribution in [2.45, 2.75) is 45.5 Å². The lowest BCUT2D eigenvalue weighted by Crippen LogP contribution is -2.17. The van der Waals surface area contributed by atoms with Gasteiger partial charge in [0, 0.05) is 94.1 Å². The van der Waals surface area contributed by atoms with Crippen LogP contribution in [-0.2, 0) is 38.7 Å². The van der Waals surface area contributed by atoms with Crippen molar-refractivity contribution >= 4 is 46.7 Å². The van der Waals surface area contributed by atoms with Crippen LogP contribution in [0.1, 0.15) is 78.7 Å². The lowest BCUT2D eigenvalue weighted by atomic mass is 9.91. The van der Waals surface area contributed by atoms with Gasteiger partial charge in [-0.1, -0.05) is 32.0 Å². The number of aromatic nitrogens is 2. The lowest BCUT2D eigenvalue weighted by Gasteiger charge is -2.15. The highest BCUT2D eigenvalue weighted by atomic mass is 35.7. The number of hydrogen-bond acceptors (Lipinski definition) is 9. The third-order valence-corrected chi connectivity index (χ3v) is 13.7. The van der Waals surface area contributed by atoms with E-state index in [2.05, 4.69) is 10.7 Å². The maximum Gasteiger partial charge on any atom is 0.250 e. The number of pyridine rings is 2. The first-order valence-electron chi connectivity index (χ1n) is 19.9. The minimum absolute atomic E-state index is 0.00849. The Kier molecular flexibility index (Phi) is 13.8. The highest BCUT2D eigenvalue weighted by Gasteiger charge is 2.26. The highest BCUT2D eigenvalue weighted by Crippen LogP contribution is 2.39. The summed E-state index contributed by atoms with van der Waals surface area (Å²) < 4.78 is 73.9. The molecule has 0 spiro atoms. The van der Waals surface area contributed by atoms with Crippen LogP contribution >= 0.6 is 10.7 Å². The van der Waals surface area contributed by atoms with Crippen molar-refractivity contribution in [3.63, 3.8) is 0 Å². The molecule has 11 nitrogen and oxygen atoms in total. The molecule has 0 fully saturated rings. The molecule has 63 heavy (non-hydrogen) atoms. The molecule has 2 aliphatic rings. The largest absolute Gasteiger partial charge is 0.399 e. The molecule has 2 aliphatic heterocycles. The van der Waals surface area contributed by atoms with Crippen LogP contribution in [0.15, 0.2) is 129 Å².